The van der Waals surface area contributed by atoms with Crippen LogP contribution in [0, 0.1) is 16.7 Å². The highest BCUT2D eigenvalue weighted by Crippen LogP contribution is 2.62. The fraction of sp³-hybridized carbons (Fsp3) is 0.733. The van der Waals surface area contributed by atoms with Gasteiger partial charge in [-0.25, -0.2) is 4.98 Å². The second-order valence-corrected chi connectivity index (χ2v) is 7.03. The first kappa shape index (κ1) is 12.7. The zero-order valence-corrected chi connectivity index (χ0v) is 12.3. The van der Waals surface area contributed by atoms with Gasteiger partial charge >= 0.3 is 0 Å². The second-order valence-electron chi connectivity index (χ2n) is 7.03. The van der Waals surface area contributed by atoms with Crippen molar-refractivity contribution in [2.24, 2.45) is 16.7 Å². The summed E-state index contributed by atoms with van der Waals surface area (Å²) in [4.78, 5) is 8.79. The number of nitrogens with zero attached hydrogens (tertiary/aromatic N) is 2. The van der Waals surface area contributed by atoms with E-state index in [1.54, 1.807) is 6.20 Å². The molecule has 3 atom stereocenters. The van der Waals surface area contributed by atoms with E-state index < -0.39 is 0 Å². The van der Waals surface area contributed by atoms with Crippen molar-refractivity contribution in [1.29, 1.82) is 0 Å². The number of anilines is 2. The second kappa shape index (κ2) is 4.09. The van der Waals surface area contributed by atoms with Gasteiger partial charge in [0.2, 0.25) is 0 Å². The molecule has 4 heteroatoms. The van der Waals surface area contributed by atoms with Gasteiger partial charge in [0, 0.05) is 13.1 Å². The zero-order chi connectivity index (χ0) is 13.7. The maximum atomic E-state index is 4.55. The van der Waals surface area contributed by atoms with E-state index in [1.165, 1.54) is 19.3 Å². The van der Waals surface area contributed by atoms with Crippen molar-refractivity contribution in [3.8, 4) is 0 Å². The molecule has 1 heterocycles. The van der Waals surface area contributed by atoms with Crippen LogP contribution in [0.25, 0.3) is 0 Å². The van der Waals surface area contributed by atoms with Gasteiger partial charge in [-0.05, 0) is 36.0 Å². The lowest BCUT2D eigenvalue weighted by Crippen LogP contribution is -2.46. The molecule has 0 radical (unpaired) electrons. The number of rotatable bonds is 3. The lowest BCUT2D eigenvalue weighted by molar-refractivity contribution is 0.155. The summed E-state index contributed by atoms with van der Waals surface area (Å²) in [5.41, 5.74) is 0.746. The summed E-state index contributed by atoms with van der Waals surface area (Å²) in [6, 6.07) is 0.486. The van der Waals surface area contributed by atoms with Crippen LogP contribution < -0.4 is 10.6 Å². The van der Waals surface area contributed by atoms with E-state index in [2.05, 4.69) is 41.4 Å². The Morgan fingerprint density at radius 1 is 1.21 bits per heavy atom. The molecular formula is C15H24N4. The van der Waals surface area contributed by atoms with Gasteiger partial charge in [0.15, 0.2) is 0 Å². The Morgan fingerprint density at radius 3 is 2.58 bits per heavy atom. The molecule has 0 spiro atoms. The lowest BCUT2D eigenvalue weighted by Gasteiger charge is -2.43. The molecule has 1 aromatic heterocycles. The van der Waals surface area contributed by atoms with Crippen LogP contribution in [-0.4, -0.2) is 23.1 Å². The Hall–Kier alpha value is -1.32. The van der Waals surface area contributed by atoms with Gasteiger partial charge in [0.25, 0.3) is 0 Å². The van der Waals surface area contributed by atoms with Crippen LogP contribution in [0.2, 0.25) is 0 Å². The number of aromatic nitrogens is 2. The summed E-state index contributed by atoms with van der Waals surface area (Å²) in [6.07, 6.45) is 7.63. The molecule has 4 nitrogen and oxygen atoms in total. The summed E-state index contributed by atoms with van der Waals surface area (Å²) in [6.45, 7) is 7.22. The van der Waals surface area contributed by atoms with E-state index in [0.29, 0.717) is 16.9 Å². The topological polar surface area (TPSA) is 49.8 Å². The average molecular weight is 260 g/mol. The molecule has 104 valence electrons. The van der Waals surface area contributed by atoms with Gasteiger partial charge in [-0.1, -0.05) is 20.8 Å². The van der Waals surface area contributed by atoms with E-state index in [9.17, 15) is 0 Å². The molecule has 2 aliphatic rings. The summed E-state index contributed by atoms with van der Waals surface area (Å²) < 4.78 is 0. The van der Waals surface area contributed by atoms with Crippen LogP contribution in [0.3, 0.4) is 0 Å². The molecule has 2 aliphatic carbocycles. The standard InChI is InChI=1S/C15H24N4/c1-14(2)10-5-6-15(3,7-10)13(14)19-12-9-17-8-11(16-4)18-12/h8-10,13H,5-7H2,1-4H3,(H2,16,18,19). The highest BCUT2D eigenvalue weighted by molar-refractivity contribution is 5.43. The van der Waals surface area contributed by atoms with Crippen LogP contribution in [0.1, 0.15) is 40.0 Å². The molecule has 3 unspecified atom stereocenters. The number of hydrogen-bond donors (Lipinski definition) is 2. The summed E-state index contributed by atoms with van der Waals surface area (Å²) in [5.74, 6) is 2.55. The first-order valence-electron chi connectivity index (χ1n) is 7.22. The predicted molar refractivity (Wildman–Crippen MR) is 78.2 cm³/mol. The molecule has 2 N–H and O–H groups in total. The number of fused-ring (bicyclic) bond motifs is 2. The van der Waals surface area contributed by atoms with E-state index in [-0.39, 0.29) is 0 Å². The Labute approximate surface area is 115 Å². The smallest absolute Gasteiger partial charge is 0.147 e. The Balaban J connectivity index is 1.86. The zero-order valence-electron chi connectivity index (χ0n) is 12.3. The van der Waals surface area contributed by atoms with Crippen LogP contribution in [0.5, 0.6) is 0 Å². The minimum absolute atomic E-state index is 0.338. The van der Waals surface area contributed by atoms with Crippen LogP contribution >= 0.6 is 0 Å². The number of hydrogen-bond acceptors (Lipinski definition) is 4. The third-order valence-corrected chi connectivity index (χ3v) is 5.45. The lowest BCUT2D eigenvalue weighted by atomic mass is 9.68. The monoisotopic (exact) mass is 260 g/mol. The van der Waals surface area contributed by atoms with Crippen molar-refractivity contribution in [3.63, 3.8) is 0 Å². The fourth-order valence-electron chi connectivity index (χ4n) is 4.37. The molecular weight excluding hydrogens is 236 g/mol. The third-order valence-electron chi connectivity index (χ3n) is 5.45. The maximum Gasteiger partial charge on any atom is 0.147 e. The quantitative estimate of drug-likeness (QED) is 0.876. The molecule has 0 aliphatic heterocycles. The van der Waals surface area contributed by atoms with Gasteiger partial charge < -0.3 is 10.6 Å². The van der Waals surface area contributed by atoms with Crippen molar-refractivity contribution in [3.05, 3.63) is 12.4 Å². The normalized spacial score (nSPS) is 35.4. The van der Waals surface area contributed by atoms with E-state index in [1.807, 2.05) is 13.2 Å². The fourth-order valence-corrected chi connectivity index (χ4v) is 4.37. The maximum absolute atomic E-state index is 4.55. The van der Waals surface area contributed by atoms with Gasteiger partial charge in [-0.2, -0.15) is 0 Å². The molecule has 0 aromatic carbocycles. The van der Waals surface area contributed by atoms with Gasteiger partial charge in [-0.3, -0.25) is 4.98 Å². The predicted octanol–water partition coefficient (Wildman–Crippen LogP) is 3.15. The van der Waals surface area contributed by atoms with Crippen LogP contribution in [-0.2, 0) is 0 Å². The molecule has 19 heavy (non-hydrogen) atoms. The third kappa shape index (κ3) is 1.88. The Morgan fingerprint density at radius 2 is 1.95 bits per heavy atom. The first-order valence-corrected chi connectivity index (χ1v) is 7.22. The van der Waals surface area contributed by atoms with E-state index >= 15 is 0 Å². The minimum Gasteiger partial charge on any atom is -0.372 e. The minimum atomic E-state index is 0.338. The van der Waals surface area contributed by atoms with Crippen molar-refractivity contribution in [1.82, 2.24) is 9.97 Å². The summed E-state index contributed by atoms with van der Waals surface area (Å²) >= 11 is 0. The molecule has 0 amide bonds. The highest BCUT2D eigenvalue weighted by Gasteiger charge is 2.59. The Bertz CT molecular complexity index is 480. The SMILES string of the molecule is CNc1cncc(NC2C3(C)CCC(C3)C2(C)C)n1. The van der Waals surface area contributed by atoms with Crippen LogP contribution in [0.4, 0.5) is 11.6 Å². The van der Waals surface area contributed by atoms with E-state index in [0.717, 1.165) is 17.6 Å². The average Bonchev–Trinajstić information content (AvgIpc) is 2.86. The van der Waals surface area contributed by atoms with Crippen molar-refractivity contribution in [2.45, 2.75) is 46.1 Å². The van der Waals surface area contributed by atoms with Gasteiger partial charge in [0.1, 0.15) is 11.6 Å². The first-order chi connectivity index (χ1) is 8.95. The Kier molecular flexibility index (Phi) is 2.73. The summed E-state index contributed by atoms with van der Waals surface area (Å²) in [7, 11) is 1.87. The van der Waals surface area contributed by atoms with Crippen molar-refractivity contribution in [2.75, 3.05) is 17.7 Å². The van der Waals surface area contributed by atoms with E-state index in [4.69, 9.17) is 0 Å². The molecule has 2 bridgehead atoms. The van der Waals surface area contributed by atoms with Crippen molar-refractivity contribution < 1.29 is 0 Å². The molecule has 0 saturated heterocycles. The molecule has 2 fully saturated rings. The molecule has 1 aromatic rings. The number of nitrogens with one attached hydrogen (secondary N) is 2. The van der Waals surface area contributed by atoms with Crippen molar-refractivity contribution >= 4 is 11.6 Å². The van der Waals surface area contributed by atoms with Crippen LogP contribution in [0.15, 0.2) is 12.4 Å². The van der Waals surface area contributed by atoms with Gasteiger partial charge in [0.05, 0.1) is 12.4 Å². The highest BCUT2D eigenvalue weighted by atomic mass is 15.1. The molecule has 2 saturated carbocycles. The summed E-state index contributed by atoms with van der Waals surface area (Å²) in [5, 5.41) is 6.71. The molecule has 3 rings (SSSR count). The van der Waals surface area contributed by atoms with Gasteiger partial charge in [-0.15, -0.1) is 0 Å². The largest absolute Gasteiger partial charge is 0.372 e.